The fourth-order valence-electron chi connectivity index (χ4n) is 2.21. The zero-order chi connectivity index (χ0) is 15.4. The second kappa shape index (κ2) is 6.85. The lowest BCUT2D eigenvalue weighted by Crippen LogP contribution is -2.29. The molecule has 112 valence electrons. The molecule has 2 heterocycles. The Morgan fingerprint density at radius 1 is 1.14 bits per heavy atom. The number of thiophene rings is 2. The van der Waals surface area contributed by atoms with Crippen molar-refractivity contribution in [3.8, 4) is 0 Å². The molecule has 0 saturated carbocycles. The molecule has 0 aliphatic carbocycles. The van der Waals surface area contributed by atoms with E-state index in [1.54, 1.807) is 34.8 Å². The molecule has 0 fully saturated rings. The van der Waals surface area contributed by atoms with Gasteiger partial charge in [0.2, 0.25) is 5.91 Å². The van der Waals surface area contributed by atoms with Crippen molar-refractivity contribution < 1.29 is 9.18 Å². The summed E-state index contributed by atoms with van der Waals surface area (Å²) in [5.41, 5.74) is 1.88. The molecule has 0 spiro atoms. The van der Waals surface area contributed by atoms with E-state index in [-0.39, 0.29) is 24.2 Å². The van der Waals surface area contributed by atoms with Crippen molar-refractivity contribution in [2.45, 2.75) is 12.5 Å². The molecule has 1 N–H and O–H groups in total. The van der Waals surface area contributed by atoms with Gasteiger partial charge in [0.1, 0.15) is 5.82 Å². The number of hydrogen-bond donors (Lipinski definition) is 1. The van der Waals surface area contributed by atoms with Gasteiger partial charge in [0.25, 0.3) is 0 Å². The molecule has 1 atom stereocenters. The monoisotopic (exact) mass is 331 g/mol. The molecule has 0 saturated heterocycles. The fraction of sp³-hybridized carbons (Fsp3) is 0.118. The summed E-state index contributed by atoms with van der Waals surface area (Å²) in [6, 6.07) is 11.9. The Balaban J connectivity index is 1.73. The molecule has 0 radical (unpaired) electrons. The van der Waals surface area contributed by atoms with Crippen LogP contribution in [0.5, 0.6) is 0 Å². The average molecular weight is 331 g/mol. The summed E-state index contributed by atoms with van der Waals surface area (Å²) >= 11 is 3.23. The summed E-state index contributed by atoms with van der Waals surface area (Å²) in [7, 11) is 0. The first-order valence-corrected chi connectivity index (χ1v) is 8.64. The van der Waals surface area contributed by atoms with Crippen molar-refractivity contribution in [3.05, 3.63) is 80.4 Å². The highest BCUT2D eigenvalue weighted by Crippen LogP contribution is 2.27. The summed E-state index contributed by atoms with van der Waals surface area (Å²) in [6.07, 6.45) is 0.242. The molecule has 1 aromatic carbocycles. The maximum atomic E-state index is 12.9. The minimum atomic E-state index is -0.293. The van der Waals surface area contributed by atoms with E-state index in [1.807, 2.05) is 34.3 Å². The number of benzene rings is 1. The quantitative estimate of drug-likeness (QED) is 0.738. The van der Waals surface area contributed by atoms with Gasteiger partial charge in [-0.25, -0.2) is 4.39 Å². The lowest BCUT2D eigenvalue weighted by atomic mass is 10.1. The van der Waals surface area contributed by atoms with E-state index >= 15 is 0 Å². The highest BCUT2D eigenvalue weighted by Gasteiger charge is 2.18. The Kier molecular flexibility index (Phi) is 4.65. The van der Waals surface area contributed by atoms with E-state index in [0.717, 1.165) is 16.0 Å². The lowest BCUT2D eigenvalue weighted by Gasteiger charge is -2.16. The van der Waals surface area contributed by atoms with Gasteiger partial charge >= 0.3 is 0 Å². The second-order valence-corrected chi connectivity index (χ2v) is 6.64. The topological polar surface area (TPSA) is 29.1 Å². The number of hydrogen-bond acceptors (Lipinski definition) is 3. The smallest absolute Gasteiger partial charge is 0.225 e. The van der Waals surface area contributed by atoms with Gasteiger partial charge in [-0.3, -0.25) is 4.79 Å². The van der Waals surface area contributed by atoms with Gasteiger partial charge in [-0.1, -0.05) is 18.2 Å². The molecule has 3 aromatic rings. The Labute approximate surface area is 136 Å². The molecular weight excluding hydrogens is 317 g/mol. The lowest BCUT2D eigenvalue weighted by molar-refractivity contribution is -0.120. The van der Waals surface area contributed by atoms with Gasteiger partial charge in [0.05, 0.1) is 12.5 Å². The predicted molar refractivity (Wildman–Crippen MR) is 88.7 cm³/mol. The zero-order valence-electron chi connectivity index (χ0n) is 11.7. The normalized spacial score (nSPS) is 12.0. The minimum Gasteiger partial charge on any atom is -0.344 e. The molecule has 0 unspecified atom stereocenters. The van der Waals surface area contributed by atoms with Gasteiger partial charge in [0, 0.05) is 4.88 Å². The van der Waals surface area contributed by atoms with Gasteiger partial charge in [-0.15, -0.1) is 11.3 Å². The molecule has 1 amide bonds. The number of nitrogens with one attached hydrogen (secondary N) is 1. The van der Waals surface area contributed by atoms with Gasteiger partial charge in [0.15, 0.2) is 0 Å². The number of halogens is 1. The Bertz CT molecular complexity index is 686. The number of carbonyl (C=O) groups excluding carboxylic acids is 1. The minimum absolute atomic E-state index is 0.0730. The van der Waals surface area contributed by atoms with Crippen LogP contribution >= 0.6 is 22.7 Å². The molecule has 5 heteroatoms. The summed E-state index contributed by atoms with van der Waals surface area (Å²) < 4.78 is 12.9. The van der Waals surface area contributed by atoms with E-state index in [0.29, 0.717) is 0 Å². The van der Waals surface area contributed by atoms with Crippen LogP contribution in [-0.2, 0) is 11.2 Å². The maximum Gasteiger partial charge on any atom is 0.225 e. The Morgan fingerprint density at radius 2 is 1.95 bits per heavy atom. The van der Waals surface area contributed by atoms with Crippen molar-refractivity contribution >= 4 is 28.6 Å². The standard InChI is InChI=1S/C17H14FNOS2/c18-14-5-3-12(4-6-14)10-16(20)19-17(13-7-9-21-11-13)15-2-1-8-22-15/h1-9,11,17H,10H2,(H,19,20)/t17-/m1/s1. The van der Waals surface area contributed by atoms with Crippen molar-refractivity contribution in [1.29, 1.82) is 0 Å². The van der Waals surface area contributed by atoms with Crippen molar-refractivity contribution in [2.75, 3.05) is 0 Å². The number of amides is 1. The summed E-state index contributed by atoms with van der Waals surface area (Å²) in [4.78, 5) is 13.4. The van der Waals surface area contributed by atoms with Crippen molar-refractivity contribution in [3.63, 3.8) is 0 Å². The van der Waals surface area contributed by atoms with E-state index < -0.39 is 0 Å². The highest BCUT2D eigenvalue weighted by molar-refractivity contribution is 7.10. The summed E-state index contributed by atoms with van der Waals surface area (Å²) in [6.45, 7) is 0. The third-order valence-electron chi connectivity index (χ3n) is 3.29. The van der Waals surface area contributed by atoms with E-state index in [2.05, 4.69) is 5.32 Å². The van der Waals surface area contributed by atoms with Crippen LogP contribution in [0.2, 0.25) is 0 Å². The third-order valence-corrected chi connectivity index (χ3v) is 4.93. The van der Waals surface area contributed by atoms with E-state index in [9.17, 15) is 9.18 Å². The van der Waals surface area contributed by atoms with E-state index in [1.165, 1.54) is 12.1 Å². The first-order valence-electron chi connectivity index (χ1n) is 6.81. The molecule has 2 aromatic heterocycles. The van der Waals surface area contributed by atoms with E-state index in [4.69, 9.17) is 0 Å². The molecule has 22 heavy (non-hydrogen) atoms. The van der Waals surface area contributed by atoms with Crippen molar-refractivity contribution in [1.82, 2.24) is 5.32 Å². The van der Waals surface area contributed by atoms with Crippen LogP contribution in [0.15, 0.2) is 58.6 Å². The zero-order valence-corrected chi connectivity index (χ0v) is 13.3. The number of rotatable bonds is 5. The van der Waals surface area contributed by atoms with Gasteiger partial charge in [-0.2, -0.15) is 11.3 Å². The predicted octanol–water partition coefficient (Wildman–Crippen LogP) is 4.40. The number of carbonyl (C=O) groups is 1. The summed E-state index contributed by atoms with van der Waals surface area (Å²) in [5.74, 6) is -0.366. The Hall–Kier alpha value is -1.98. The first-order chi connectivity index (χ1) is 10.7. The van der Waals surface area contributed by atoms with Crippen LogP contribution in [0.3, 0.4) is 0 Å². The van der Waals surface area contributed by atoms with Crippen LogP contribution < -0.4 is 5.32 Å². The van der Waals surface area contributed by atoms with Crippen molar-refractivity contribution in [2.24, 2.45) is 0 Å². The van der Waals surface area contributed by atoms with Crippen LogP contribution in [0.4, 0.5) is 4.39 Å². The fourth-order valence-corrected chi connectivity index (χ4v) is 3.70. The van der Waals surface area contributed by atoms with Gasteiger partial charge in [-0.05, 0) is 51.5 Å². The summed E-state index contributed by atoms with van der Waals surface area (Å²) in [5, 5.41) is 9.12. The van der Waals surface area contributed by atoms with Crippen LogP contribution in [0.1, 0.15) is 22.0 Å². The second-order valence-electron chi connectivity index (χ2n) is 4.88. The third kappa shape index (κ3) is 3.61. The molecule has 0 bridgehead atoms. The highest BCUT2D eigenvalue weighted by atomic mass is 32.1. The first kappa shape index (κ1) is 14.9. The van der Waals surface area contributed by atoms with Crippen LogP contribution in [0.25, 0.3) is 0 Å². The SMILES string of the molecule is O=C(Cc1ccc(F)cc1)N[C@H](c1ccsc1)c1cccs1. The molecule has 3 rings (SSSR count). The molecule has 2 nitrogen and oxygen atoms in total. The maximum absolute atomic E-state index is 12.9. The average Bonchev–Trinajstić information content (AvgIpc) is 3.21. The molecule has 0 aliphatic heterocycles. The Morgan fingerprint density at radius 3 is 2.59 bits per heavy atom. The largest absolute Gasteiger partial charge is 0.344 e. The van der Waals surface area contributed by atoms with Crippen LogP contribution in [-0.4, -0.2) is 5.91 Å². The molecule has 0 aliphatic rings. The van der Waals surface area contributed by atoms with Crippen LogP contribution in [0, 0.1) is 5.82 Å². The van der Waals surface area contributed by atoms with Gasteiger partial charge < -0.3 is 5.32 Å². The molecular formula is C17H14FNOS2.